The predicted molar refractivity (Wildman–Crippen MR) is 40.0 cm³/mol. The molecule has 52 valence electrons. The first kappa shape index (κ1) is 8.00. The zero-order valence-electron chi connectivity index (χ0n) is 5.93. The molecule has 1 aliphatic carbocycles. The molecule has 0 saturated heterocycles. The summed E-state index contributed by atoms with van der Waals surface area (Å²) in [5, 5.41) is 0. The second-order valence-electron chi connectivity index (χ2n) is 2.12. The summed E-state index contributed by atoms with van der Waals surface area (Å²) in [6.45, 7) is 4.60. The summed E-state index contributed by atoms with van der Waals surface area (Å²) >= 11 is -0.0314. The van der Waals surface area contributed by atoms with Crippen molar-refractivity contribution in [2.24, 2.45) is 0 Å². The molecule has 0 aliphatic heterocycles. The average molecular weight is 169 g/mol. The van der Waals surface area contributed by atoms with Gasteiger partial charge in [0.1, 0.15) is 0 Å². The van der Waals surface area contributed by atoms with E-state index in [1.807, 2.05) is 6.08 Å². The molecule has 10 heavy (non-hydrogen) atoms. The van der Waals surface area contributed by atoms with Gasteiger partial charge in [-0.25, -0.2) is 0 Å². The minimum absolute atomic E-state index is 0.0314. The number of nitrogens with one attached hydrogen (secondary N) is 1. The van der Waals surface area contributed by atoms with Gasteiger partial charge in [-0.3, -0.25) is 0 Å². The van der Waals surface area contributed by atoms with Gasteiger partial charge in [-0.2, -0.15) is 0 Å². The van der Waals surface area contributed by atoms with Gasteiger partial charge in [-0.1, -0.05) is 0 Å². The molecule has 0 radical (unpaired) electrons. The van der Waals surface area contributed by atoms with Crippen molar-refractivity contribution in [1.82, 2.24) is 3.80 Å². The molecule has 1 nitrogen and oxygen atoms in total. The number of rotatable bonds is 4. The van der Waals surface area contributed by atoms with Crippen LogP contribution in [0.4, 0.5) is 0 Å². The predicted octanol–water partition coefficient (Wildman–Crippen LogP) is 1.60. The molecule has 1 N–H and O–H groups in total. The fraction of sp³-hybridized carbons (Fsp3) is 0.250. The van der Waals surface area contributed by atoms with E-state index in [1.54, 1.807) is 3.88 Å². The van der Waals surface area contributed by atoms with E-state index in [-0.39, 0.29) is 19.4 Å². The molecule has 0 amide bonds. The molecular weight excluding hydrogens is 158 g/mol. The van der Waals surface area contributed by atoms with Crippen molar-refractivity contribution in [3.63, 3.8) is 0 Å². The Bertz CT molecular complexity index is 170. The molecule has 1 rings (SSSR count). The van der Waals surface area contributed by atoms with Crippen LogP contribution in [0.15, 0.2) is 34.8 Å². The zero-order chi connectivity index (χ0) is 7.23. The summed E-state index contributed by atoms with van der Waals surface area (Å²) in [5.74, 6) is 0. The Labute approximate surface area is 71.1 Å². The van der Waals surface area contributed by atoms with E-state index in [2.05, 4.69) is 28.6 Å². The second-order valence-corrected chi connectivity index (χ2v) is 4.06. The van der Waals surface area contributed by atoms with Crippen molar-refractivity contribution in [3.8, 4) is 0 Å². The van der Waals surface area contributed by atoms with Gasteiger partial charge in [-0.15, -0.1) is 0 Å². The molecule has 0 fully saturated rings. The van der Waals surface area contributed by atoms with Crippen molar-refractivity contribution in [2.45, 2.75) is 6.42 Å². The molecule has 0 aromatic rings. The third-order valence-corrected chi connectivity index (χ3v) is 2.94. The number of hydrogen-bond donors (Lipinski definition) is 1. The van der Waals surface area contributed by atoms with E-state index in [0.717, 1.165) is 6.54 Å². The monoisotopic (exact) mass is 169 g/mol. The maximum absolute atomic E-state index is 3.65. The van der Waals surface area contributed by atoms with Crippen LogP contribution in [0.5, 0.6) is 0 Å². The van der Waals surface area contributed by atoms with E-state index in [1.165, 1.54) is 6.42 Å². The molecular formula is C8H11NTi. The van der Waals surface area contributed by atoms with Crippen LogP contribution in [0, 0.1) is 0 Å². The topological polar surface area (TPSA) is 12.0 Å². The van der Waals surface area contributed by atoms with E-state index in [0.29, 0.717) is 0 Å². The first-order valence-corrected chi connectivity index (χ1v) is 4.95. The van der Waals surface area contributed by atoms with Gasteiger partial charge in [0.15, 0.2) is 0 Å². The first-order valence-electron chi connectivity index (χ1n) is 3.39. The summed E-state index contributed by atoms with van der Waals surface area (Å²) in [6, 6.07) is 0. The third kappa shape index (κ3) is 2.65. The van der Waals surface area contributed by atoms with Crippen LogP contribution in [-0.2, 0) is 19.4 Å². The number of hydrogen-bond acceptors (Lipinski definition) is 1. The molecule has 2 heteroatoms. The van der Waals surface area contributed by atoms with Gasteiger partial charge in [0.25, 0.3) is 0 Å². The van der Waals surface area contributed by atoms with E-state index < -0.39 is 0 Å². The average Bonchev–Trinajstić information content (AvgIpc) is 2.41. The molecule has 0 atom stereocenters. The Balaban J connectivity index is 2.09. The van der Waals surface area contributed by atoms with Crippen molar-refractivity contribution in [1.29, 1.82) is 0 Å². The zero-order valence-corrected chi connectivity index (χ0v) is 7.49. The minimum atomic E-state index is -0.0314. The molecule has 0 spiro atoms. The second kappa shape index (κ2) is 4.67. The fourth-order valence-electron chi connectivity index (χ4n) is 0.777. The SMILES string of the molecule is C=CC[NH][Ti][C]1=CC=CC1. The summed E-state index contributed by atoms with van der Waals surface area (Å²) < 4.78 is 4.96. The van der Waals surface area contributed by atoms with Crippen LogP contribution < -0.4 is 3.80 Å². The van der Waals surface area contributed by atoms with Gasteiger partial charge < -0.3 is 0 Å². The molecule has 0 aromatic heterocycles. The van der Waals surface area contributed by atoms with Crippen molar-refractivity contribution < 1.29 is 19.4 Å². The van der Waals surface area contributed by atoms with E-state index in [4.69, 9.17) is 0 Å². The van der Waals surface area contributed by atoms with Crippen LogP contribution in [0.25, 0.3) is 0 Å². The molecule has 0 aromatic carbocycles. The van der Waals surface area contributed by atoms with Crippen LogP contribution in [0.1, 0.15) is 6.42 Å². The third-order valence-electron chi connectivity index (χ3n) is 1.27. The van der Waals surface area contributed by atoms with Gasteiger partial charge >= 0.3 is 70.9 Å². The molecule has 0 heterocycles. The molecule has 0 bridgehead atoms. The summed E-state index contributed by atoms with van der Waals surface area (Å²) in [5.41, 5.74) is 0. The van der Waals surface area contributed by atoms with Crippen molar-refractivity contribution in [3.05, 3.63) is 34.8 Å². The van der Waals surface area contributed by atoms with Gasteiger partial charge in [-0.05, 0) is 0 Å². The standard InChI is InChI=1S/C5H5.C3H6N.Ti/c1-2-4-5-3-1;1-2-3-4;/h1-3H,4H2;2,4H,1,3H2;/q;-1;+1. The van der Waals surface area contributed by atoms with E-state index in [9.17, 15) is 0 Å². The number of allylic oxidation sites excluding steroid dienone is 4. The molecule has 1 aliphatic rings. The van der Waals surface area contributed by atoms with Crippen LogP contribution >= 0.6 is 0 Å². The van der Waals surface area contributed by atoms with Crippen molar-refractivity contribution >= 4 is 0 Å². The quantitative estimate of drug-likeness (QED) is 0.383. The van der Waals surface area contributed by atoms with Crippen LogP contribution in [0.3, 0.4) is 0 Å². The van der Waals surface area contributed by atoms with Gasteiger partial charge in [0, 0.05) is 0 Å². The van der Waals surface area contributed by atoms with Gasteiger partial charge in [0.2, 0.25) is 0 Å². The molecule has 0 unspecified atom stereocenters. The Morgan fingerprint density at radius 3 is 3.30 bits per heavy atom. The first-order chi connectivity index (χ1) is 4.93. The van der Waals surface area contributed by atoms with E-state index >= 15 is 0 Å². The summed E-state index contributed by atoms with van der Waals surface area (Å²) in [4.78, 5) is 0. The summed E-state index contributed by atoms with van der Waals surface area (Å²) in [7, 11) is 0. The Morgan fingerprint density at radius 2 is 2.70 bits per heavy atom. The van der Waals surface area contributed by atoms with Crippen molar-refractivity contribution in [2.75, 3.05) is 6.54 Å². The Morgan fingerprint density at radius 1 is 1.80 bits per heavy atom. The Kier molecular flexibility index (Phi) is 3.73. The molecule has 0 saturated carbocycles. The normalized spacial score (nSPS) is 15.0. The van der Waals surface area contributed by atoms with Crippen LogP contribution in [-0.4, -0.2) is 6.54 Å². The Hall–Kier alpha value is -0.106. The fourth-order valence-corrected chi connectivity index (χ4v) is 2.14. The van der Waals surface area contributed by atoms with Gasteiger partial charge in [0.05, 0.1) is 0 Å². The summed E-state index contributed by atoms with van der Waals surface area (Å²) in [6.07, 6.45) is 9.63. The van der Waals surface area contributed by atoms with Crippen LogP contribution in [0.2, 0.25) is 0 Å². The maximum atomic E-state index is 3.65.